The molecule has 0 bridgehead atoms. The van der Waals surface area contributed by atoms with Gasteiger partial charge in [0.25, 0.3) is 5.56 Å². The van der Waals surface area contributed by atoms with Gasteiger partial charge in [0, 0.05) is 17.8 Å². The summed E-state index contributed by atoms with van der Waals surface area (Å²) in [5, 5.41) is 4.02. The molecule has 0 atom stereocenters. The van der Waals surface area contributed by atoms with Crippen molar-refractivity contribution in [1.82, 2.24) is 9.55 Å². The van der Waals surface area contributed by atoms with Crippen LogP contribution in [0.3, 0.4) is 0 Å². The highest BCUT2D eigenvalue weighted by molar-refractivity contribution is 7.99. The quantitative estimate of drug-likeness (QED) is 0.263. The molecular formula is C20H11F4N3O2S2. The van der Waals surface area contributed by atoms with Gasteiger partial charge in [-0.05, 0) is 35.7 Å². The first-order valence-electron chi connectivity index (χ1n) is 8.65. The maximum absolute atomic E-state index is 13.7. The third-order valence-corrected chi connectivity index (χ3v) is 5.86. The second-order valence-corrected chi connectivity index (χ2v) is 8.15. The number of carbonyl (C=O) groups excluding carboxylic acids is 1. The van der Waals surface area contributed by atoms with Gasteiger partial charge in [0.2, 0.25) is 5.91 Å². The van der Waals surface area contributed by atoms with Gasteiger partial charge in [0.05, 0.1) is 17.0 Å². The van der Waals surface area contributed by atoms with Crippen LogP contribution < -0.4 is 10.9 Å². The summed E-state index contributed by atoms with van der Waals surface area (Å²) >= 11 is 1.96. The van der Waals surface area contributed by atoms with E-state index in [-0.39, 0.29) is 27.0 Å². The summed E-state index contributed by atoms with van der Waals surface area (Å²) < 4.78 is 55.4. The molecule has 31 heavy (non-hydrogen) atoms. The zero-order valence-corrected chi connectivity index (χ0v) is 17.0. The van der Waals surface area contributed by atoms with Crippen molar-refractivity contribution in [3.63, 3.8) is 0 Å². The summed E-state index contributed by atoms with van der Waals surface area (Å²) in [6.45, 7) is 0. The van der Waals surface area contributed by atoms with Crippen molar-refractivity contribution in [3.8, 4) is 5.69 Å². The van der Waals surface area contributed by atoms with Crippen LogP contribution in [-0.4, -0.2) is 21.2 Å². The first kappa shape index (κ1) is 21.1. The molecule has 0 spiro atoms. The van der Waals surface area contributed by atoms with Gasteiger partial charge in [-0.3, -0.25) is 14.2 Å². The Bertz CT molecular complexity index is 1330. The number of halogens is 4. The first-order chi connectivity index (χ1) is 14.8. The Morgan fingerprint density at radius 1 is 1.00 bits per heavy atom. The van der Waals surface area contributed by atoms with Crippen molar-refractivity contribution in [2.45, 2.75) is 5.16 Å². The Morgan fingerprint density at radius 2 is 1.61 bits per heavy atom. The van der Waals surface area contributed by atoms with E-state index in [2.05, 4.69) is 10.3 Å². The Hall–Kier alpha value is -3.18. The fraction of sp³-hybridized carbons (Fsp3) is 0.0500. The highest BCUT2D eigenvalue weighted by Crippen LogP contribution is 2.25. The zero-order chi connectivity index (χ0) is 22.1. The number of aromatic nitrogens is 2. The second kappa shape index (κ2) is 8.52. The van der Waals surface area contributed by atoms with Gasteiger partial charge in [0.1, 0.15) is 28.0 Å². The van der Waals surface area contributed by atoms with Crippen LogP contribution in [0.25, 0.3) is 15.9 Å². The van der Waals surface area contributed by atoms with E-state index in [0.717, 1.165) is 51.9 Å². The van der Waals surface area contributed by atoms with Crippen LogP contribution in [0.4, 0.5) is 23.2 Å². The molecule has 0 aliphatic rings. The summed E-state index contributed by atoms with van der Waals surface area (Å²) in [7, 11) is 0. The van der Waals surface area contributed by atoms with E-state index in [1.165, 1.54) is 0 Å². The van der Waals surface area contributed by atoms with Crippen LogP contribution >= 0.6 is 23.1 Å². The van der Waals surface area contributed by atoms with E-state index in [0.29, 0.717) is 17.6 Å². The molecule has 4 aromatic rings. The molecule has 4 rings (SSSR count). The molecule has 0 saturated carbocycles. The molecule has 0 aliphatic carbocycles. The average Bonchev–Trinajstić information content (AvgIpc) is 3.13. The SMILES string of the molecule is O=C(CSc1nc2ccsc2c(=O)n1-c1cc(F)cc(F)c1)Nc1cc(F)cc(F)c1. The van der Waals surface area contributed by atoms with Gasteiger partial charge in [-0.25, -0.2) is 22.5 Å². The Balaban J connectivity index is 1.66. The van der Waals surface area contributed by atoms with Crippen LogP contribution in [-0.2, 0) is 4.79 Å². The monoisotopic (exact) mass is 465 g/mol. The first-order valence-corrected chi connectivity index (χ1v) is 10.5. The van der Waals surface area contributed by atoms with Crippen LogP contribution in [0.2, 0.25) is 0 Å². The summed E-state index contributed by atoms with van der Waals surface area (Å²) in [5.41, 5.74) is -0.326. The number of rotatable bonds is 5. The molecule has 1 amide bonds. The Kier molecular flexibility index (Phi) is 5.79. The molecule has 0 unspecified atom stereocenters. The molecule has 0 fully saturated rings. The van der Waals surface area contributed by atoms with E-state index in [1.807, 2.05) is 0 Å². The fourth-order valence-corrected chi connectivity index (χ4v) is 4.41. The molecule has 2 aromatic carbocycles. The highest BCUT2D eigenvalue weighted by atomic mass is 32.2. The molecule has 158 valence electrons. The molecular weight excluding hydrogens is 454 g/mol. The molecule has 0 saturated heterocycles. The number of nitrogens with zero attached hydrogens (tertiary/aromatic N) is 2. The van der Waals surface area contributed by atoms with E-state index in [9.17, 15) is 27.2 Å². The van der Waals surface area contributed by atoms with Crippen molar-refractivity contribution in [2.75, 3.05) is 11.1 Å². The maximum Gasteiger partial charge on any atom is 0.276 e. The van der Waals surface area contributed by atoms with Gasteiger partial charge >= 0.3 is 0 Å². The number of thioether (sulfide) groups is 1. The Morgan fingerprint density at radius 3 is 2.26 bits per heavy atom. The number of hydrogen-bond acceptors (Lipinski definition) is 5. The molecule has 0 radical (unpaired) electrons. The largest absolute Gasteiger partial charge is 0.325 e. The topological polar surface area (TPSA) is 64.0 Å². The molecule has 2 aromatic heterocycles. The number of amides is 1. The number of carbonyl (C=O) groups is 1. The molecule has 0 aliphatic heterocycles. The summed E-state index contributed by atoms with van der Waals surface area (Å²) in [6, 6.07) is 6.80. The number of anilines is 1. The zero-order valence-electron chi connectivity index (χ0n) is 15.4. The lowest BCUT2D eigenvalue weighted by Gasteiger charge is -2.12. The van der Waals surface area contributed by atoms with Gasteiger partial charge in [-0.1, -0.05) is 11.8 Å². The lowest BCUT2D eigenvalue weighted by molar-refractivity contribution is -0.113. The van der Waals surface area contributed by atoms with Crippen molar-refractivity contribution in [3.05, 3.63) is 81.5 Å². The minimum absolute atomic E-state index is 0.0291. The van der Waals surface area contributed by atoms with Crippen LogP contribution in [0, 0.1) is 23.3 Å². The molecule has 2 heterocycles. The van der Waals surface area contributed by atoms with Crippen LogP contribution in [0.1, 0.15) is 0 Å². The second-order valence-electron chi connectivity index (χ2n) is 6.29. The Labute approximate surface area is 180 Å². The number of hydrogen-bond donors (Lipinski definition) is 1. The van der Waals surface area contributed by atoms with Crippen molar-refractivity contribution < 1.29 is 22.4 Å². The highest BCUT2D eigenvalue weighted by Gasteiger charge is 2.17. The average molecular weight is 465 g/mol. The molecule has 11 heteroatoms. The summed E-state index contributed by atoms with van der Waals surface area (Å²) in [6.07, 6.45) is 0. The van der Waals surface area contributed by atoms with Crippen molar-refractivity contribution in [1.29, 1.82) is 0 Å². The van der Waals surface area contributed by atoms with E-state index in [1.54, 1.807) is 11.4 Å². The normalized spacial score (nSPS) is 11.1. The third kappa shape index (κ3) is 4.62. The van der Waals surface area contributed by atoms with Crippen LogP contribution in [0.5, 0.6) is 0 Å². The molecule has 5 nitrogen and oxygen atoms in total. The third-order valence-electron chi connectivity index (χ3n) is 4.03. The minimum Gasteiger partial charge on any atom is -0.325 e. The predicted octanol–water partition coefficient (Wildman–Crippen LogP) is 4.73. The van der Waals surface area contributed by atoms with Gasteiger partial charge in [0.15, 0.2) is 5.16 Å². The lowest BCUT2D eigenvalue weighted by Crippen LogP contribution is -2.22. The van der Waals surface area contributed by atoms with Crippen molar-refractivity contribution >= 4 is 44.9 Å². The smallest absolute Gasteiger partial charge is 0.276 e. The van der Waals surface area contributed by atoms with Crippen LogP contribution in [0.15, 0.2) is 57.8 Å². The molecule has 1 N–H and O–H groups in total. The summed E-state index contributed by atoms with van der Waals surface area (Å²) in [4.78, 5) is 29.5. The number of nitrogens with one attached hydrogen (secondary N) is 1. The predicted molar refractivity (Wildman–Crippen MR) is 111 cm³/mol. The van der Waals surface area contributed by atoms with E-state index in [4.69, 9.17) is 0 Å². The number of benzene rings is 2. The maximum atomic E-state index is 13.7. The van der Waals surface area contributed by atoms with Gasteiger partial charge in [-0.2, -0.15) is 0 Å². The van der Waals surface area contributed by atoms with E-state index < -0.39 is 34.7 Å². The van der Waals surface area contributed by atoms with Crippen molar-refractivity contribution in [2.24, 2.45) is 0 Å². The van der Waals surface area contributed by atoms with E-state index >= 15 is 0 Å². The lowest BCUT2D eigenvalue weighted by atomic mass is 10.3. The van der Waals surface area contributed by atoms with Gasteiger partial charge in [-0.15, -0.1) is 11.3 Å². The summed E-state index contributed by atoms with van der Waals surface area (Å²) in [5.74, 6) is -4.36. The van der Waals surface area contributed by atoms with Gasteiger partial charge < -0.3 is 5.32 Å². The number of fused-ring (bicyclic) bond motifs is 1. The standard InChI is InChI=1S/C20H11F4N3O2S2/c21-10-3-11(22)6-14(5-10)25-17(28)9-31-20-26-16-1-2-30-18(16)19(29)27(20)15-7-12(23)4-13(24)8-15/h1-8H,9H2,(H,25,28). The fourth-order valence-electron chi connectivity index (χ4n) is 2.84. The number of thiophene rings is 1. The minimum atomic E-state index is -0.880.